The van der Waals surface area contributed by atoms with Crippen molar-refractivity contribution in [3.05, 3.63) is 29.8 Å². The van der Waals surface area contributed by atoms with Crippen molar-refractivity contribution >= 4 is 11.8 Å². The van der Waals surface area contributed by atoms with Gasteiger partial charge in [0.05, 0.1) is 5.60 Å². The number of benzene rings is 1. The highest BCUT2D eigenvalue weighted by atomic mass is 32.2. The lowest BCUT2D eigenvalue weighted by atomic mass is 10.0. The molecule has 0 aromatic heterocycles. The summed E-state index contributed by atoms with van der Waals surface area (Å²) < 4.78 is 0. The van der Waals surface area contributed by atoms with Gasteiger partial charge in [-0.15, -0.1) is 11.8 Å². The first-order chi connectivity index (χ1) is 7.56. The Kier molecular flexibility index (Phi) is 3.57. The maximum Gasteiger partial charge on any atom is 0.0812 e. The minimum absolute atomic E-state index is 0.120. The van der Waals surface area contributed by atoms with E-state index in [9.17, 15) is 0 Å². The number of rotatable bonds is 3. The fourth-order valence-electron chi connectivity index (χ4n) is 1.76. The van der Waals surface area contributed by atoms with E-state index >= 15 is 0 Å². The van der Waals surface area contributed by atoms with Gasteiger partial charge in [-0.2, -0.15) is 0 Å². The Labute approximate surface area is 102 Å². The van der Waals surface area contributed by atoms with Gasteiger partial charge in [-0.05, 0) is 32.4 Å². The topological polar surface area (TPSA) is 21.3 Å². The van der Waals surface area contributed by atoms with Crippen LogP contribution in [0.1, 0.15) is 32.3 Å². The molecule has 1 aliphatic heterocycles. The van der Waals surface area contributed by atoms with Gasteiger partial charge in [0.15, 0.2) is 0 Å². The van der Waals surface area contributed by atoms with E-state index < -0.39 is 0 Å². The zero-order valence-corrected chi connectivity index (χ0v) is 10.9. The highest BCUT2D eigenvalue weighted by molar-refractivity contribution is 7.99. The van der Waals surface area contributed by atoms with Crippen LogP contribution in [0.2, 0.25) is 0 Å². The van der Waals surface area contributed by atoms with Crippen molar-refractivity contribution in [2.75, 3.05) is 12.3 Å². The second kappa shape index (κ2) is 4.78. The monoisotopic (exact) mass is 237 g/mol. The van der Waals surface area contributed by atoms with Gasteiger partial charge in [-0.3, -0.25) is 4.84 Å². The highest BCUT2D eigenvalue weighted by Gasteiger charge is 2.22. The number of hydroxylamine groups is 1. The van der Waals surface area contributed by atoms with E-state index in [-0.39, 0.29) is 5.60 Å². The van der Waals surface area contributed by atoms with Crippen molar-refractivity contribution in [2.45, 2.75) is 37.2 Å². The van der Waals surface area contributed by atoms with Crippen LogP contribution >= 0.6 is 11.8 Å². The molecule has 2 rings (SSSR count). The molecular weight excluding hydrogens is 218 g/mol. The summed E-state index contributed by atoms with van der Waals surface area (Å²) in [7, 11) is 0. The molecule has 1 aliphatic rings. The molecule has 0 aliphatic carbocycles. The summed E-state index contributed by atoms with van der Waals surface area (Å²) in [6.45, 7) is 7.05. The summed E-state index contributed by atoms with van der Waals surface area (Å²) in [6, 6.07) is 8.64. The van der Waals surface area contributed by atoms with Crippen molar-refractivity contribution in [1.82, 2.24) is 5.48 Å². The molecule has 0 fully saturated rings. The standard InChI is InChI=1S/C13H19NOS/c1-13(2,3)15-14-8-10-9-16-12-7-5-4-6-11(10)12/h4-7,10,14H,8-9H2,1-3H3. The van der Waals surface area contributed by atoms with Gasteiger partial charge >= 0.3 is 0 Å². The average molecular weight is 237 g/mol. The summed E-state index contributed by atoms with van der Waals surface area (Å²) in [5.74, 6) is 1.73. The summed E-state index contributed by atoms with van der Waals surface area (Å²) in [6.07, 6.45) is 0. The van der Waals surface area contributed by atoms with Gasteiger partial charge in [0, 0.05) is 23.1 Å². The maximum atomic E-state index is 5.55. The first kappa shape index (κ1) is 12.0. The highest BCUT2D eigenvalue weighted by Crippen LogP contribution is 2.38. The molecule has 88 valence electrons. The Balaban J connectivity index is 1.89. The Morgan fingerprint density at radius 1 is 1.38 bits per heavy atom. The zero-order valence-electron chi connectivity index (χ0n) is 10.1. The molecule has 1 atom stereocenters. The lowest BCUT2D eigenvalue weighted by Gasteiger charge is -2.21. The van der Waals surface area contributed by atoms with E-state index in [1.54, 1.807) is 0 Å². The van der Waals surface area contributed by atoms with Gasteiger partial charge in [-0.1, -0.05) is 18.2 Å². The summed E-state index contributed by atoms with van der Waals surface area (Å²) >= 11 is 1.94. The molecule has 1 unspecified atom stereocenters. The molecule has 16 heavy (non-hydrogen) atoms. The molecule has 1 N–H and O–H groups in total. The van der Waals surface area contributed by atoms with E-state index in [0.717, 1.165) is 12.3 Å². The predicted octanol–water partition coefficient (Wildman–Crippen LogP) is 3.20. The minimum atomic E-state index is -0.120. The van der Waals surface area contributed by atoms with Crippen molar-refractivity contribution in [3.63, 3.8) is 0 Å². The number of nitrogens with one attached hydrogen (secondary N) is 1. The summed E-state index contributed by atoms with van der Waals surface area (Å²) in [4.78, 5) is 6.97. The Hall–Kier alpha value is -0.510. The van der Waals surface area contributed by atoms with E-state index in [1.807, 2.05) is 11.8 Å². The molecule has 3 heteroatoms. The Morgan fingerprint density at radius 3 is 2.88 bits per heavy atom. The Morgan fingerprint density at radius 2 is 2.12 bits per heavy atom. The van der Waals surface area contributed by atoms with E-state index in [0.29, 0.717) is 5.92 Å². The van der Waals surface area contributed by atoms with Crippen molar-refractivity contribution in [1.29, 1.82) is 0 Å². The molecule has 0 saturated heterocycles. The van der Waals surface area contributed by atoms with Crippen molar-refractivity contribution in [2.24, 2.45) is 0 Å². The number of fused-ring (bicyclic) bond motifs is 1. The van der Waals surface area contributed by atoms with E-state index in [1.165, 1.54) is 10.5 Å². The van der Waals surface area contributed by atoms with Gasteiger partial charge in [-0.25, -0.2) is 5.48 Å². The third-order valence-corrected chi connectivity index (χ3v) is 3.76. The quantitative estimate of drug-likeness (QED) is 0.816. The predicted molar refractivity (Wildman–Crippen MR) is 68.7 cm³/mol. The lowest BCUT2D eigenvalue weighted by molar-refractivity contribution is -0.0735. The van der Waals surface area contributed by atoms with Crippen LogP contribution in [0, 0.1) is 0 Å². The Bertz CT molecular complexity index is 359. The normalized spacial score (nSPS) is 19.8. The SMILES string of the molecule is CC(C)(C)ONCC1CSc2ccccc21. The molecule has 0 radical (unpaired) electrons. The van der Waals surface area contributed by atoms with E-state index in [2.05, 4.69) is 50.5 Å². The smallest absolute Gasteiger partial charge is 0.0812 e. The van der Waals surface area contributed by atoms with Crippen molar-refractivity contribution < 1.29 is 4.84 Å². The molecule has 0 bridgehead atoms. The van der Waals surface area contributed by atoms with Crippen LogP contribution < -0.4 is 5.48 Å². The van der Waals surface area contributed by atoms with Crippen LogP contribution in [0.25, 0.3) is 0 Å². The average Bonchev–Trinajstić information content (AvgIpc) is 2.60. The first-order valence-corrected chi connectivity index (χ1v) is 6.67. The van der Waals surface area contributed by atoms with Gasteiger partial charge < -0.3 is 0 Å². The number of hydrogen-bond donors (Lipinski definition) is 1. The number of thioether (sulfide) groups is 1. The van der Waals surface area contributed by atoms with Gasteiger partial charge in [0.2, 0.25) is 0 Å². The van der Waals surface area contributed by atoms with Crippen LogP contribution in [-0.2, 0) is 4.84 Å². The zero-order chi connectivity index (χ0) is 11.6. The fraction of sp³-hybridized carbons (Fsp3) is 0.538. The maximum absolute atomic E-state index is 5.55. The van der Waals surface area contributed by atoms with Gasteiger partial charge in [0.25, 0.3) is 0 Å². The fourth-order valence-corrected chi connectivity index (χ4v) is 3.01. The summed E-state index contributed by atoms with van der Waals surface area (Å²) in [5.41, 5.74) is 4.43. The summed E-state index contributed by atoms with van der Waals surface area (Å²) in [5, 5.41) is 0. The molecule has 1 aromatic rings. The molecule has 1 heterocycles. The first-order valence-electron chi connectivity index (χ1n) is 5.69. The van der Waals surface area contributed by atoms with Crippen LogP contribution in [-0.4, -0.2) is 17.9 Å². The van der Waals surface area contributed by atoms with Gasteiger partial charge in [0.1, 0.15) is 0 Å². The third kappa shape index (κ3) is 3.00. The number of hydrogen-bond acceptors (Lipinski definition) is 3. The van der Waals surface area contributed by atoms with Crippen LogP contribution in [0.5, 0.6) is 0 Å². The van der Waals surface area contributed by atoms with Crippen LogP contribution in [0.4, 0.5) is 0 Å². The minimum Gasteiger partial charge on any atom is -0.296 e. The molecule has 0 spiro atoms. The van der Waals surface area contributed by atoms with E-state index in [4.69, 9.17) is 4.84 Å². The molecule has 1 aromatic carbocycles. The van der Waals surface area contributed by atoms with Crippen LogP contribution in [0.15, 0.2) is 29.2 Å². The van der Waals surface area contributed by atoms with Crippen LogP contribution in [0.3, 0.4) is 0 Å². The molecular formula is C13H19NOS. The molecule has 0 saturated carbocycles. The largest absolute Gasteiger partial charge is 0.296 e. The second-order valence-electron chi connectivity index (χ2n) is 5.11. The third-order valence-electron chi connectivity index (χ3n) is 2.51. The van der Waals surface area contributed by atoms with Crippen molar-refractivity contribution in [3.8, 4) is 0 Å². The molecule has 2 nitrogen and oxygen atoms in total. The second-order valence-corrected chi connectivity index (χ2v) is 6.17. The lowest BCUT2D eigenvalue weighted by Crippen LogP contribution is -2.32. The molecule has 0 amide bonds.